The average molecular weight is 1950 g/mol. The molecule has 0 bridgehead atoms. The van der Waals surface area contributed by atoms with E-state index in [-0.39, 0.29) is 5.28 Å². The lowest BCUT2D eigenvalue weighted by molar-refractivity contribution is 0.424. The Morgan fingerprint density at radius 1 is 0.209 bits per heavy atom. The standard InChI is InChI=1S/C46H30ClN3.C25H19BO2.C21H13BrClN3.C15H10ClN3.C6H5BBrClO2/c47-37-29-33(28-34(30-37)45-49-43(31-16-5-1-6-17-31)48-44(50-45)32-18-7-2-8-19-32)38-25-15-27-41-42(38)39-24-13-14-26-40(39)46(41,35-20-9-3-10-21-35)36-22-11-4-12-23-36;27-26(28)23-17-9-16-22-24(23)20-14-7-8-15-21(20)25(22,18-10-3-1-4-11-18)19-12-5-2-6-13-19;22-17-11-16(12-18(23)13-17)21-25-19(14-7-3-1-4-8-14)24-20(26-21)15-9-5-2-6-10-15;16-15-18-13(11-7-3-1-4-8-11)17-14(19-15)12-9-5-2-6-10-12;8-5-1-4(7(10)11)2-6(9)3-5/h1-30H;1-17,27-28H;1-13H;1-10H;1-3,10-11H. The van der Waals surface area contributed by atoms with Gasteiger partial charge in [-0.05, 0) is 155 Å². The average Bonchev–Trinajstić information content (AvgIpc) is 1.54. The number of hydrogen-bond acceptors (Lipinski definition) is 13. The first-order chi connectivity index (χ1) is 65.5. The van der Waals surface area contributed by atoms with E-state index in [9.17, 15) is 10.0 Å². The van der Waals surface area contributed by atoms with Gasteiger partial charge in [0.25, 0.3) is 0 Å². The van der Waals surface area contributed by atoms with Gasteiger partial charge in [-0.1, -0.05) is 455 Å². The molecule has 0 atom stereocenters. The lowest BCUT2D eigenvalue weighted by atomic mass is 9.66. The quantitative estimate of drug-likeness (QED) is 0.0708. The maximum absolute atomic E-state index is 10.1. The topological polar surface area (TPSA) is 197 Å². The molecule has 0 spiro atoms. The third-order valence-electron chi connectivity index (χ3n) is 23.1. The molecule has 2 aliphatic rings. The van der Waals surface area contributed by atoms with Crippen molar-refractivity contribution in [2.45, 2.75) is 10.8 Å². The summed E-state index contributed by atoms with van der Waals surface area (Å²) in [5.74, 6) is 4.80. The summed E-state index contributed by atoms with van der Waals surface area (Å²) in [6.07, 6.45) is 0. The fourth-order valence-corrected chi connectivity index (χ4v) is 19.6. The van der Waals surface area contributed by atoms with Crippen LogP contribution in [0.4, 0.5) is 0 Å². The molecule has 20 aromatic rings. The van der Waals surface area contributed by atoms with Gasteiger partial charge in [0.1, 0.15) is 0 Å². The van der Waals surface area contributed by atoms with Crippen LogP contribution in [0, 0.1) is 0 Å². The largest absolute Gasteiger partial charge is 0.489 e. The summed E-state index contributed by atoms with van der Waals surface area (Å²) in [7, 11) is -2.99. The molecular weight excluding hydrogens is 1870 g/mol. The first-order valence-corrected chi connectivity index (χ1v) is 46.1. The lowest BCUT2D eigenvalue weighted by Crippen LogP contribution is -2.33. The molecule has 134 heavy (non-hydrogen) atoms. The number of fused-ring (bicyclic) bond motifs is 6. The van der Waals surface area contributed by atoms with Gasteiger partial charge in [0, 0.05) is 68.5 Å². The molecule has 0 amide bonds. The smallest absolute Gasteiger partial charge is 0.423 e. The van der Waals surface area contributed by atoms with Crippen LogP contribution in [-0.4, -0.2) is 79.2 Å². The van der Waals surface area contributed by atoms with E-state index in [0.29, 0.717) is 72.6 Å². The molecule has 21 heteroatoms. The van der Waals surface area contributed by atoms with E-state index in [1.807, 2.05) is 237 Å². The van der Waals surface area contributed by atoms with Gasteiger partial charge < -0.3 is 20.1 Å². The predicted octanol–water partition coefficient (Wildman–Crippen LogP) is 26.2. The predicted molar refractivity (Wildman–Crippen MR) is 551 cm³/mol. The molecule has 0 fully saturated rings. The Balaban J connectivity index is 0.000000122. The van der Waals surface area contributed by atoms with Gasteiger partial charge in [0.2, 0.25) is 5.28 Å². The molecule has 17 aromatic carbocycles. The van der Waals surface area contributed by atoms with E-state index in [2.05, 4.69) is 244 Å². The van der Waals surface area contributed by atoms with E-state index in [1.54, 1.807) is 18.2 Å². The first-order valence-electron chi connectivity index (χ1n) is 43.0. The van der Waals surface area contributed by atoms with Gasteiger partial charge in [-0.25, -0.2) is 34.9 Å². The van der Waals surface area contributed by atoms with Gasteiger partial charge in [0.15, 0.2) is 46.6 Å². The van der Waals surface area contributed by atoms with Crippen LogP contribution >= 0.6 is 78.3 Å². The van der Waals surface area contributed by atoms with Crippen LogP contribution in [-0.2, 0) is 10.8 Å². The molecule has 0 aliphatic heterocycles. The van der Waals surface area contributed by atoms with Crippen molar-refractivity contribution in [2.24, 2.45) is 0 Å². The van der Waals surface area contributed by atoms with Crippen molar-refractivity contribution < 1.29 is 20.1 Å². The van der Waals surface area contributed by atoms with Gasteiger partial charge in [-0.3, -0.25) is 0 Å². The second-order valence-electron chi connectivity index (χ2n) is 31.5. The third-order valence-corrected chi connectivity index (χ3v) is 24.9. The van der Waals surface area contributed by atoms with Crippen molar-refractivity contribution in [3.63, 3.8) is 0 Å². The summed E-state index contributed by atoms with van der Waals surface area (Å²) >= 11 is 31.5. The maximum Gasteiger partial charge on any atom is 0.489 e. The van der Waals surface area contributed by atoms with Crippen molar-refractivity contribution in [1.82, 2.24) is 44.9 Å². The minimum absolute atomic E-state index is 0.202. The first kappa shape index (κ1) is 90.4. The summed E-state index contributed by atoms with van der Waals surface area (Å²) in [5, 5.41) is 39.6. The highest BCUT2D eigenvalue weighted by Crippen LogP contribution is 2.59. The van der Waals surface area contributed by atoms with Crippen LogP contribution in [0.2, 0.25) is 20.4 Å². The summed E-state index contributed by atoms with van der Waals surface area (Å²) in [6, 6.07) is 148. The minimum Gasteiger partial charge on any atom is -0.423 e. The van der Waals surface area contributed by atoms with Crippen molar-refractivity contribution >= 4 is 103 Å². The van der Waals surface area contributed by atoms with E-state index in [4.69, 9.17) is 71.4 Å². The SMILES string of the molecule is Clc1cc(-c2nc(-c3ccccc3)nc(-c3ccccc3)n2)cc(-c2cccc3c2-c2ccccc2C3(c2ccccc2)c2ccccc2)c1.Clc1cc(Br)cc(-c2nc(-c3ccccc3)nc(-c3ccccc3)n2)c1.Clc1nc(-c2ccccc2)nc(-c2ccccc2)n1.OB(O)c1cc(Cl)cc(Br)c1.OB(O)c1cccc2c1-c1ccccc1C2(c1ccccc1)c1ccccc1. The Hall–Kier alpha value is -14.1. The molecular formula is C113H77B2Br2Cl4N9O4. The molecule has 4 N–H and O–H groups in total. The molecule has 0 saturated carbocycles. The number of benzene rings is 17. The van der Waals surface area contributed by atoms with Crippen LogP contribution in [0.25, 0.3) is 124 Å². The van der Waals surface area contributed by atoms with Gasteiger partial charge in [0.05, 0.1) is 10.8 Å². The van der Waals surface area contributed by atoms with Crippen molar-refractivity contribution in [2.75, 3.05) is 0 Å². The Morgan fingerprint density at radius 2 is 0.470 bits per heavy atom. The minimum atomic E-state index is -1.52. The molecule has 0 unspecified atom stereocenters. The van der Waals surface area contributed by atoms with Gasteiger partial charge in [-0.2, -0.15) is 9.97 Å². The summed E-state index contributed by atoms with van der Waals surface area (Å²) in [5.41, 5.74) is 23.2. The molecule has 22 rings (SSSR count). The number of rotatable bonds is 15. The van der Waals surface area contributed by atoms with Crippen molar-refractivity contribution in [3.8, 4) is 124 Å². The van der Waals surface area contributed by atoms with Crippen molar-refractivity contribution in [1.29, 1.82) is 0 Å². The van der Waals surface area contributed by atoms with Gasteiger partial charge in [-0.15, -0.1) is 0 Å². The summed E-state index contributed by atoms with van der Waals surface area (Å²) < 4.78 is 1.61. The number of nitrogens with zero attached hydrogens (tertiary/aromatic N) is 9. The molecule has 0 radical (unpaired) electrons. The van der Waals surface area contributed by atoms with Crippen LogP contribution in [0.5, 0.6) is 0 Å². The fourth-order valence-electron chi connectivity index (χ4n) is 17.4. The van der Waals surface area contributed by atoms with E-state index < -0.39 is 25.1 Å². The Morgan fingerprint density at radius 3 is 0.813 bits per heavy atom. The zero-order valence-corrected chi connectivity index (χ0v) is 77.6. The highest BCUT2D eigenvalue weighted by Gasteiger charge is 2.49. The molecule has 646 valence electrons. The molecule has 3 aromatic heterocycles. The van der Waals surface area contributed by atoms with Crippen LogP contribution in [0.3, 0.4) is 0 Å². The van der Waals surface area contributed by atoms with Crippen molar-refractivity contribution in [3.05, 3.63) is 517 Å². The Bertz CT molecular complexity index is 7240. The van der Waals surface area contributed by atoms with Crippen LogP contribution < -0.4 is 10.9 Å². The molecule has 2 aliphatic carbocycles. The maximum atomic E-state index is 10.1. The molecule has 0 saturated heterocycles. The van der Waals surface area contributed by atoms with Crippen LogP contribution in [0.15, 0.2) is 452 Å². The lowest BCUT2D eigenvalue weighted by Gasteiger charge is -2.34. The number of hydrogen-bond donors (Lipinski definition) is 4. The summed E-state index contributed by atoms with van der Waals surface area (Å²) in [6.45, 7) is 0. The number of halogens is 6. The highest BCUT2D eigenvalue weighted by molar-refractivity contribution is 9.10. The Kier molecular flexibility index (Phi) is 27.9. The number of aromatic nitrogens is 9. The molecule has 3 heterocycles. The second kappa shape index (κ2) is 41.3. The van der Waals surface area contributed by atoms with E-state index in [1.165, 1.54) is 39.4 Å². The third kappa shape index (κ3) is 19.4. The highest BCUT2D eigenvalue weighted by atomic mass is 79.9. The monoisotopic (exact) mass is 1940 g/mol. The van der Waals surface area contributed by atoms with Crippen LogP contribution in [0.1, 0.15) is 44.5 Å². The summed E-state index contributed by atoms with van der Waals surface area (Å²) in [4.78, 5) is 41.8. The fraction of sp³-hybridized carbons (Fsp3) is 0.0177. The second-order valence-corrected chi connectivity index (χ2v) is 34.9. The zero-order valence-electron chi connectivity index (χ0n) is 71.4. The Labute approximate surface area is 813 Å². The van der Waals surface area contributed by atoms with E-state index in [0.717, 1.165) is 98.0 Å². The molecule has 13 nitrogen and oxygen atoms in total. The normalized spacial score (nSPS) is 11.9. The van der Waals surface area contributed by atoms with Gasteiger partial charge >= 0.3 is 14.2 Å². The van der Waals surface area contributed by atoms with E-state index >= 15 is 0 Å². The zero-order chi connectivity index (χ0) is 92.1.